The highest BCUT2D eigenvalue weighted by Crippen LogP contribution is 2.25. The van der Waals surface area contributed by atoms with Crippen molar-refractivity contribution in [3.8, 4) is 0 Å². The van der Waals surface area contributed by atoms with Gasteiger partial charge in [0.25, 0.3) is 0 Å². The second-order valence-corrected chi connectivity index (χ2v) is 6.00. The third-order valence-electron chi connectivity index (χ3n) is 2.55. The van der Waals surface area contributed by atoms with Crippen molar-refractivity contribution in [3.05, 3.63) is 20.8 Å². The van der Waals surface area contributed by atoms with Crippen LogP contribution in [0.2, 0.25) is 0 Å². The summed E-state index contributed by atoms with van der Waals surface area (Å²) >= 11 is 5.39. The van der Waals surface area contributed by atoms with Crippen LogP contribution in [-0.2, 0) is 11.3 Å². The predicted octanol–water partition coefficient (Wildman–Crippen LogP) is 3.12. The van der Waals surface area contributed by atoms with Gasteiger partial charge in [0.1, 0.15) is 0 Å². The topological polar surface area (TPSA) is 12.5 Å². The number of hydrogen-bond acceptors (Lipinski definition) is 3. The zero-order chi connectivity index (χ0) is 10.8. The zero-order valence-electron chi connectivity index (χ0n) is 9.07. The van der Waals surface area contributed by atoms with Crippen molar-refractivity contribution >= 4 is 27.3 Å². The van der Waals surface area contributed by atoms with E-state index in [1.807, 2.05) is 11.3 Å². The van der Waals surface area contributed by atoms with Crippen LogP contribution in [0.4, 0.5) is 0 Å². The van der Waals surface area contributed by atoms with Crippen molar-refractivity contribution < 1.29 is 4.74 Å². The van der Waals surface area contributed by atoms with Gasteiger partial charge < -0.3 is 4.74 Å². The summed E-state index contributed by atoms with van der Waals surface area (Å²) < 4.78 is 6.95. The lowest BCUT2D eigenvalue weighted by Gasteiger charge is -2.35. The van der Waals surface area contributed by atoms with E-state index in [1.165, 1.54) is 9.35 Å². The molecule has 0 spiro atoms. The second-order valence-electron chi connectivity index (χ2n) is 4.14. The summed E-state index contributed by atoms with van der Waals surface area (Å²) in [6.45, 7) is 7.40. The van der Waals surface area contributed by atoms with Crippen LogP contribution < -0.4 is 0 Å². The number of nitrogens with zero attached hydrogens (tertiary/aromatic N) is 1. The fourth-order valence-corrected chi connectivity index (χ4v) is 3.57. The van der Waals surface area contributed by atoms with E-state index >= 15 is 0 Å². The van der Waals surface area contributed by atoms with E-state index < -0.39 is 0 Å². The molecule has 1 aromatic rings. The highest BCUT2D eigenvalue weighted by Gasteiger charge is 2.22. The molecule has 1 fully saturated rings. The third kappa shape index (κ3) is 3.03. The van der Waals surface area contributed by atoms with Gasteiger partial charge in [-0.25, -0.2) is 0 Å². The Hall–Kier alpha value is 0.1000. The van der Waals surface area contributed by atoms with Crippen molar-refractivity contribution in [2.45, 2.75) is 32.6 Å². The van der Waals surface area contributed by atoms with Gasteiger partial charge in [-0.05, 0) is 41.2 Å². The van der Waals surface area contributed by atoms with Crippen LogP contribution in [0.25, 0.3) is 0 Å². The quantitative estimate of drug-likeness (QED) is 0.830. The van der Waals surface area contributed by atoms with E-state index in [1.54, 1.807) is 0 Å². The van der Waals surface area contributed by atoms with E-state index in [2.05, 4.69) is 46.1 Å². The smallest absolute Gasteiger partial charge is 0.0678 e. The molecule has 0 N–H and O–H groups in total. The Labute approximate surface area is 103 Å². The minimum Gasteiger partial charge on any atom is -0.373 e. The van der Waals surface area contributed by atoms with Crippen LogP contribution in [0, 0.1) is 0 Å². The van der Waals surface area contributed by atoms with Crippen molar-refractivity contribution in [1.29, 1.82) is 0 Å². The van der Waals surface area contributed by atoms with Gasteiger partial charge in [-0.3, -0.25) is 4.90 Å². The molecule has 1 aliphatic rings. The Bertz CT molecular complexity index is 318. The van der Waals surface area contributed by atoms with E-state index in [9.17, 15) is 0 Å². The molecule has 84 valence electrons. The van der Waals surface area contributed by atoms with Crippen molar-refractivity contribution in [2.24, 2.45) is 0 Å². The summed E-state index contributed by atoms with van der Waals surface area (Å²) in [5.74, 6) is 0. The monoisotopic (exact) mass is 289 g/mol. The molecule has 4 heteroatoms. The summed E-state index contributed by atoms with van der Waals surface area (Å²) in [7, 11) is 0. The molecule has 2 rings (SSSR count). The Morgan fingerprint density at radius 3 is 2.67 bits per heavy atom. The average molecular weight is 290 g/mol. The van der Waals surface area contributed by atoms with Gasteiger partial charge in [-0.15, -0.1) is 11.3 Å². The maximum absolute atomic E-state index is 5.72. The average Bonchev–Trinajstić information content (AvgIpc) is 2.50. The van der Waals surface area contributed by atoms with Gasteiger partial charge in [0.05, 0.1) is 12.2 Å². The number of rotatable bonds is 2. The first-order valence-electron chi connectivity index (χ1n) is 5.25. The predicted molar refractivity (Wildman–Crippen MR) is 67.3 cm³/mol. The Kier molecular flexibility index (Phi) is 3.83. The molecule has 0 amide bonds. The molecule has 1 aromatic heterocycles. The number of ether oxygens (including phenoxy) is 1. The zero-order valence-corrected chi connectivity index (χ0v) is 11.5. The molecule has 2 atom stereocenters. The molecule has 15 heavy (non-hydrogen) atoms. The number of morpholine rings is 1. The van der Waals surface area contributed by atoms with E-state index in [0.717, 1.165) is 19.6 Å². The van der Waals surface area contributed by atoms with Gasteiger partial charge in [0.15, 0.2) is 0 Å². The van der Waals surface area contributed by atoms with Gasteiger partial charge in [0, 0.05) is 29.0 Å². The lowest BCUT2D eigenvalue weighted by molar-refractivity contribution is -0.0702. The van der Waals surface area contributed by atoms with Crippen molar-refractivity contribution in [1.82, 2.24) is 4.90 Å². The largest absolute Gasteiger partial charge is 0.373 e. The molecular weight excluding hydrogens is 274 g/mol. The lowest BCUT2D eigenvalue weighted by Crippen LogP contribution is -2.44. The van der Waals surface area contributed by atoms with E-state index in [-0.39, 0.29) is 0 Å². The van der Waals surface area contributed by atoms with Crippen LogP contribution in [0.15, 0.2) is 15.9 Å². The number of hydrogen-bond donors (Lipinski definition) is 0. The molecule has 2 nitrogen and oxygen atoms in total. The first-order chi connectivity index (χ1) is 7.15. The fraction of sp³-hybridized carbons (Fsp3) is 0.636. The van der Waals surface area contributed by atoms with Crippen LogP contribution in [0.1, 0.15) is 18.7 Å². The summed E-state index contributed by atoms with van der Waals surface area (Å²) in [4.78, 5) is 3.88. The lowest BCUT2D eigenvalue weighted by atomic mass is 10.2. The van der Waals surface area contributed by atoms with Crippen LogP contribution in [0.5, 0.6) is 0 Å². The number of halogens is 1. The highest BCUT2D eigenvalue weighted by molar-refractivity contribution is 9.10. The maximum Gasteiger partial charge on any atom is 0.0678 e. The van der Waals surface area contributed by atoms with Crippen molar-refractivity contribution in [2.75, 3.05) is 13.1 Å². The fourth-order valence-electron chi connectivity index (χ4n) is 2.05. The molecule has 1 saturated heterocycles. The summed E-state index contributed by atoms with van der Waals surface area (Å²) in [6, 6.07) is 2.12. The minimum absolute atomic E-state index is 0.354. The molecule has 0 saturated carbocycles. The first-order valence-corrected chi connectivity index (χ1v) is 6.92. The summed E-state index contributed by atoms with van der Waals surface area (Å²) in [6.07, 6.45) is 0.708. The van der Waals surface area contributed by atoms with E-state index in [0.29, 0.717) is 12.2 Å². The molecule has 0 aromatic carbocycles. The Morgan fingerprint density at radius 2 is 2.13 bits per heavy atom. The van der Waals surface area contributed by atoms with Crippen LogP contribution in [0.3, 0.4) is 0 Å². The maximum atomic E-state index is 5.72. The summed E-state index contributed by atoms with van der Waals surface area (Å²) in [5.41, 5.74) is 0. The van der Waals surface area contributed by atoms with Crippen LogP contribution in [-0.4, -0.2) is 30.2 Å². The third-order valence-corrected chi connectivity index (χ3v) is 4.46. The SMILES string of the molecule is CC1CN(Cc2sccc2Br)CC(C)O1. The first kappa shape index (κ1) is 11.6. The molecule has 2 heterocycles. The Morgan fingerprint density at radius 1 is 1.47 bits per heavy atom. The van der Waals surface area contributed by atoms with E-state index in [4.69, 9.17) is 4.74 Å². The molecular formula is C11H16BrNOS. The van der Waals surface area contributed by atoms with Gasteiger partial charge >= 0.3 is 0 Å². The normalized spacial score (nSPS) is 28.2. The molecule has 0 aliphatic carbocycles. The molecule has 1 aliphatic heterocycles. The van der Waals surface area contributed by atoms with Crippen LogP contribution >= 0.6 is 27.3 Å². The molecule has 0 bridgehead atoms. The van der Waals surface area contributed by atoms with Gasteiger partial charge in [-0.2, -0.15) is 0 Å². The van der Waals surface area contributed by atoms with Crippen molar-refractivity contribution in [3.63, 3.8) is 0 Å². The molecule has 2 unspecified atom stereocenters. The standard InChI is InChI=1S/C11H16BrNOS/c1-8-5-13(6-9(2)14-8)7-11-10(12)3-4-15-11/h3-4,8-9H,5-7H2,1-2H3. The highest BCUT2D eigenvalue weighted by atomic mass is 79.9. The Balaban J connectivity index is 1.97. The number of thiophene rings is 1. The summed E-state index contributed by atoms with van der Waals surface area (Å²) in [5, 5.41) is 2.13. The second kappa shape index (κ2) is 4.95. The molecule has 0 radical (unpaired) electrons. The van der Waals surface area contributed by atoms with Gasteiger partial charge in [0.2, 0.25) is 0 Å². The minimum atomic E-state index is 0.354. The van der Waals surface area contributed by atoms with Gasteiger partial charge in [-0.1, -0.05) is 0 Å².